The van der Waals surface area contributed by atoms with Crippen LogP contribution < -0.4 is 9.44 Å². The minimum absolute atomic E-state index is 0.0406. The zero-order valence-corrected chi connectivity index (χ0v) is 20.4. The van der Waals surface area contributed by atoms with E-state index in [0.717, 1.165) is 6.20 Å². The Hall–Kier alpha value is -3.61. The molecule has 182 valence electrons. The molecule has 4 aromatic rings. The van der Waals surface area contributed by atoms with Crippen LogP contribution in [-0.2, 0) is 24.8 Å². The van der Waals surface area contributed by atoms with Gasteiger partial charge in [-0.15, -0.1) is 0 Å². The predicted molar refractivity (Wildman–Crippen MR) is 129 cm³/mol. The highest BCUT2D eigenvalue weighted by Crippen LogP contribution is 2.32. The number of nitrogens with zero attached hydrogens (tertiary/aromatic N) is 1. The van der Waals surface area contributed by atoms with Crippen molar-refractivity contribution in [1.82, 2.24) is 4.98 Å². The number of anilines is 2. The Morgan fingerprint density at radius 3 is 2.49 bits per heavy atom. The summed E-state index contributed by atoms with van der Waals surface area (Å²) in [6.07, 6.45) is 2.24. The van der Waals surface area contributed by atoms with Gasteiger partial charge in [-0.2, -0.15) is 8.42 Å². The summed E-state index contributed by atoms with van der Waals surface area (Å²) < 4.78 is 67.2. The molecule has 0 amide bonds. The van der Waals surface area contributed by atoms with Crippen LogP contribution in [0.15, 0.2) is 81.4 Å². The van der Waals surface area contributed by atoms with Gasteiger partial charge in [0, 0.05) is 28.9 Å². The smallest absolute Gasteiger partial charge is 0.339 e. The monoisotopic (exact) mass is 535 g/mol. The summed E-state index contributed by atoms with van der Waals surface area (Å²) in [5.74, 6) is -0.850. The SMILES string of the molecule is CCOC(=O)c1ccncc1S(=O)(=O)Nc1ccc(Cl)cc1NS(=O)(=O)c1cc2ccccc2o1. The fraction of sp³-hybridized carbons (Fsp3) is 0.0909. The third kappa shape index (κ3) is 5.24. The number of fused-ring (bicyclic) bond motifs is 1. The Labute approximate surface area is 206 Å². The number of halogens is 1. The molecule has 0 aliphatic carbocycles. The number of furan rings is 1. The second kappa shape index (κ2) is 9.56. The number of para-hydroxylation sites is 1. The number of aromatic nitrogens is 1. The molecular weight excluding hydrogens is 518 g/mol. The zero-order chi connectivity index (χ0) is 25.2. The molecule has 13 heteroatoms. The maximum atomic E-state index is 13.1. The highest BCUT2D eigenvalue weighted by atomic mass is 35.5. The fourth-order valence-corrected chi connectivity index (χ4v) is 5.58. The van der Waals surface area contributed by atoms with Crippen molar-refractivity contribution in [3.05, 3.63) is 77.6 Å². The van der Waals surface area contributed by atoms with E-state index in [2.05, 4.69) is 14.4 Å². The van der Waals surface area contributed by atoms with Gasteiger partial charge >= 0.3 is 5.97 Å². The Balaban J connectivity index is 1.70. The number of carbonyl (C=O) groups excluding carboxylic acids is 1. The molecule has 2 N–H and O–H groups in total. The van der Waals surface area contributed by atoms with E-state index in [1.54, 1.807) is 31.2 Å². The van der Waals surface area contributed by atoms with Gasteiger partial charge in [0.1, 0.15) is 10.5 Å². The largest absolute Gasteiger partial charge is 0.462 e. The lowest BCUT2D eigenvalue weighted by atomic mass is 10.3. The molecule has 4 rings (SSSR count). The van der Waals surface area contributed by atoms with Crippen LogP contribution in [0.4, 0.5) is 11.4 Å². The second-order valence-electron chi connectivity index (χ2n) is 7.10. The summed E-state index contributed by atoms with van der Waals surface area (Å²) in [5, 5.41) is 0.344. The van der Waals surface area contributed by atoms with Gasteiger partial charge in [-0.05, 0) is 37.3 Å². The van der Waals surface area contributed by atoms with E-state index in [-0.39, 0.29) is 33.7 Å². The average Bonchev–Trinajstić information content (AvgIpc) is 3.26. The number of nitrogens with one attached hydrogen (secondary N) is 2. The molecule has 2 aromatic heterocycles. The van der Waals surface area contributed by atoms with Gasteiger partial charge in [0.15, 0.2) is 0 Å². The van der Waals surface area contributed by atoms with Gasteiger partial charge in [-0.25, -0.2) is 13.2 Å². The van der Waals surface area contributed by atoms with Crippen molar-refractivity contribution in [2.45, 2.75) is 16.9 Å². The van der Waals surface area contributed by atoms with Gasteiger partial charge in [0.25, 0.3) is 20.0 Å². The molecule has 0 aliphatic rings. The number of rotatable bonds is 8. The Bertz CT molecular complexity index is 1600. The van der Waals surface area contributed by atoms with Crippen molar-refractivity contribution in [1.29, 1.82) is 0 Å². The van der Waals surface area contributed by atoms with Gasteiger partial charge in [-0.3, -0.25) is 14.4 Å². The van der Waals surface area contributed by atoms with Gasteiger partial charge in [-0.1, -0.05) is 29.8 Å². The van der Waals surface area contributed by atoms with E-state index in [1.807, 2.05) is 0 Å². The highest BCUT2D eigenvalue weighted by Gasteiger charge is 2.26. The number of esters is 1. The van der Waals surface area contributed by atoms with Crippen molar-refractivity contribution in [3.8, 4) is 0 Å². The van der Waals surface area contributed by atoms with E-state index in [1.165, 1.54) is 36.5 Å². The van der Waals surface area contributed by atoms with E-state index in [4.69, 9.17) is 20.8 Å². The molecule has 2 heterocycles. The molecule has 35 heavy (non-hydrogen) atoms. The third-order valence-corrected chi connectivity index (χ3v) is 7.56. The van der Waals surface area contributed by atoms with Crippen LogP contribution in [0, 0.1) is 0 Å². The maximum absolute atomic E-state index is 13.1. The number of hydrogen-bond donors (Lipinski definition) is 2. The van der Waals surface area contributed by atoms with Crippen LogP contribution in [0.1, 0.15) is 17.3 Å². The van der Waals surface area contributed by atoms with E-state index in [0.29, 0.717) is 11.0 Å². The summed E-state index contributed by atoms with van der Waals surface area (Å²) in [4.78, 5) is 15.6. The average molecular weight is 536 g/mol. The normalized spacial score (nSPS) is 11.8. The number of sulfonamides is 2. The van der Waals surface area contributed by atoms with Crippen LogP contribution in [0.5, 0.6) is 0 Å². The minimum atomic E-state index is -4.40. The van der Waals surface area contributed by atoms with Crippen LogP contribution in [0.2, 0.25) is 5.02 Å². The lowest BCUT2D eigenvalue weighted by Crippen LogP contribution is -2.20. The molecule has 0 aliphatic heterocycles. The molecule has 0 atom stereocenters. The van der Waals surface area contributed by atoms with Crippen molar-refractivity contribution >= 4 is 60.0 Å². The van der Waals surface area contributed by atoms with Crippen molar-refractivity contribution in [2.75, 3.05) is 16.1 Å². The number of hydrogen-bond acceptors (Lipinski definition) is 8. The van der Waals surface area contributed by atoms with Crippen LogP contribution in [0.25, 0.3) is 11.0 Å². The lowest BCUT2D eigenvalue weighted by molar-refractivity contribution is 0.0521. The first-order chi connectivity index (χ1) is 16.6. The molecular formula is C22H18ClN3O7S2. The molecule has 0 spiro atoms. The number of pyridine rings is 1. The molecule has 0 fully saturated rings. The van der Waals surface area contributed by atoms with Gasteiger partial charge in [0.2, 0.25) is 5.09 Å². The van der Waals surface area contributed by atoms with Crippen molar-refractivity contribution in [2.24, 2.45) is 0 Å². The first kappa shape index (κ1) is 24.5. The predicted octanol–water partition coefficient (Wildman–Crippen LogP) is 4.26. The van der Waals surface area contributed by atoms with Crippen LogP contribution in [0.3, 0.4) is 0 Å². The fourth-order valence-electron chi connectivity index (χ4n) is 3.15. The quantitative estimate of drug-likeness (QED) is 0.318. The molecule has 0 radical (unpaired) electrons. The molecule has 0 saturated carbocycles. The third-order valence-electron chi connectivity index (χ3n) is 4.71. The van der Waals surface area contributed by atoms with Crippen molar-refractivity contribution < 1.29 is 30.8 Å². The van der Waals surface area contributed by atoms with Crippen molar-refractivity contribution in [3.63, 3.8) is 0 Å². The molecule has 0 bridgehead atoms. The standard InChI is InChI=1S/C22H18ClN3O7S2/c1-2-32-22(27)16-9-10-24-13-20(16)34(28,29)25-17-8-7-15(23)12-18(17)26-35(30,31)21-11-14-5-3-4-6-19(14)33-21/h3-13,25-26H,2H2,1H3. The molecule has 0 saturated heterocycles. The van der Waals surface area contributed by atoms with E-state index < -0.39 is 30.9 Å². The number of ether oxygens (including phenoxy) is 1. The molecule has 2 aromatic carbocycles. The minimum Gasteiger partial charge on any atom is -0.462 e. The second-order valence-corrected chi connectivity index (χ2v) is 10.8. The van der Waals surface area contributed by atoms with Crippen LogP contribution >= 0.6 is 11.6 Å². The lowest BCUT2D eigenvalue weighted by Gasteiger charge is -2.15. The molecule has 10 nitrogen and oxygen atoms in total. The van der Waals surface area contributed by atoms with Crippen LogP contribution in [-0.4, -0.2) is 34.4 Å². The zero-order valence-electron chi connectivity index (χ0n) is 18.1. The number of benzene rings is 2. The first-order valence-electron chi connectivity index (χ1n) is 10.1. The van der Waals surface area contributed by atoms with Gasteiger partial charge in [0.05, 0.1) is 23.5 Å². The summed E-state index contributed by atoms with van der Waals surface area (Å²) in [7, 11) is -8.66. The summed E-state index contributed by atoms with van der Waals surface area (Å²) >= 11 is 6.04. The topological polar surface area (TPSA) is 145 Å². The first-order valence-corrected chi connectivity index (χ1v) is 13.4. The Morgan fingerprint density at radius 1 is 1.00 bits per heavy atom. The summed E-state index contributed by atoms with van der Waals surface area (Å²) in [5.41, 5.74) is -0.174. The van der Waals surface area contributed by atoms with E-state index >= 15 is 0 Å². The number of carbonyl (C=O) groups is 1. The summed E-state index contributed by atoms with van der Waals surface area (Å²) in [6.45, 7) is 1.62. The molecule has 0 unspecified atom stereocenters. The highest BCUT2D eigenvalue weighted by molar-refractivity contribution is 7.93. The van der Waals surface area contributed by atoms with E-state index in [9.17, 15) is 21.6 Å². The summed E-state index contributed by atoms with van der Waals surface area (Å²) in [6, 6.07) is 13.2. The Morgan fingerprint density at radius 2 is 1.74 bits per heavy atom. The Kier molecular flexibility index (Phi) is 6.70. The maximum Gasteiger partial charge on any atom is 0.339 e. The van der Waals surface area contributed by atoms with Gasteiger partial charge < -0.3 is 9.15 Å².